The van der Waals surface area contributed by atoms with Gasteiger partial charge in [0.15, 0.2) is 0 Å². The van der Waals surface area contributed by atoms with Gasteiger partial charge in [-0.05, 0) is 24.6 Å². The zero-order valence-electron chi connectivity index (χ0n) is 11.9. The van der Waals surface area contributed by atoms with Crippen molar-refractivity contribution in [3.63, 3.8) is 0 Å². The average Bonchev–Trinajstić information content (AvgIpc) is 2.37. The Balaban J connectivity index is 3.42. The van der Waals surface area contributed by atoms with Crippen molar-refractivity contribution in [2.75, 3.05) is 12.9 Å². The van der Waals surface area contributed by atoms with E-state index in [9.17, 15) is 9.59 Å². The van der Waals surface area contributed by atoms with Gasteiger partial charge in [0.05, 0.1) is 5.41 Å². The van der Waals surface area contributed by atoms with Gasteiger partial charge in [0.2, 0.25) is 5.69 Å². The molecule has 110 valence electrons. The van der Waals surface area contributed by atoms with Crippen molar-refractivity contribution in [2.24, 2.45) is 5.41 Å². The highest BCUT2D eigenvalue weighted by Crippen LogP contribution is 2.35. The first kappa shape index (κ1) is 17.0. The fraction of sp³-hybridized carbons (Fsp3) is 0.429. The van der Waals surface area contributed by atoms with Crippen LogP contribution in [0.15, 0.2) is 24.3 Å². The van der Waals surface area contributed by atoms with E-state index in [2.05, 4.69) is 0 Å². The first-order valence-corrected chi connectivity index (χ1v) is 6.99. The van der Waals surface area contributed by atoms with Gasteiger partial charge in [-0.2, -0.15) is 0 Å². The molecule has 0 fully saturated rings. The summed E-state index contributed by atoms with van der Waals surface area (Å²) in [6.07, 6.45) is 0. The van der Waals surface area contributed by atoms with Crippen LogP contribution in [0.5, 0.6) is 0 Å². The van der Waals surface area contributed by atoms with Crippen LogP contribution in [-0.2, 0) is 14.4 Å². The number of quaternary nitrogens is 1. The van der Waals surface area contributed by atoms with Gasteiger partial charge in [-0.1, -0.05) is 23.7 Å². The molecule has 4 nitrogen and oxygen atoms in total. The van der Waals surface area contributed by atoms with Crippen LogP contribution in [0.2, 0.25) is 5.02 Å². The Kier molecular flexibility index (Phi) is 5.19. The largest absolute Gasteiger partial charge is 0.366 e. The quantitative estimate of drug-likeness (QED) is 0.486. The van der Waals surface area contributed by atoms with E-state index < -0.39 is 16.0 Å². The van der Waals surface area contributed by atoms with E-state index in [1.807, 2.05) is 0 Å². The van der Waals surface area contributed by atoms with E-state index in [1.54, 1.807) is 38.1 Å². The molecule has 0 radical (unpaired) electrons. The molecular weight excluding hydrogens is 301 g/mol. The molecule has 1 amide bonds. The lowest BCUT2D eigenvalue weighted by molar-refractivity contribution is -0.192. The second kappa shape index (κ2) is 6.12. The van der Waals surface area contributed by atoms with Crippen molar-refractivity contribution in [1.29, 1.82) is 0 Å². The summed E-state index contributed by atoms with van der Waals surface area (Å²) >= 11 is 12.0. The second-order valence-corrected chi connectivity index (χ2v) is 5.96. The summed E-state index contributed by atoms with van der Waals surface area (Å²) in [5.41, 5.74) is -0.474. The zero-order valence-corrected chi connectivity index (χ0v) is 13.5. The number of carbonyl (C=O) groups is 2. The summed E-state index contributed by atoms with van der Waals surface area (Å²) in [4.78, 5) is 29.4. The van der Waals surface area contributed by atoms with Crippen molar-refractivity contribution in [3.05, 3.63) is 29.3 Å². The fourth-order valence-corrected chi connectivity index (χ4v) is 2.30. The molecule has 1 unspecified atom stereocenters. The molecular formula is C14H18Cl2NO3+. The van der Waals surface area contributed by atoms with Gasteiger partial charge in [-0.3, -0.25) is 4.84 Å². The number of carbonyl (C=O) groups excluding carboxylic acids is 2. The molecule has 1 rings (SSSR count). The summed E-state index contributed by atoms with van der Waals surface area (Å²) in [7, 11) is 1.49. The Morgan fingerprint density at radius 1 is 1.30 bits per heavy atom. The van der Waals surface area contributed by atoms with Gasteiger partial charge in [0.25, 0.3) is 0 Å². The predicted octanol–water partition coefficient (Wildman–Crippen LogP) is 3.55. The predicted molar refractivity (Wildman–Crippen MR) is 80.4 cm³/mol. The number of hydrogen-bond acceptors (Lipinski definition) is 3. The average molecular weight is 319 g/mol. The number of hydrogen-bond donors (Lipinski definition) is 0. The number of benzene rings is 1. The zero-order chi connectivity index (χ0) is 15.6. The Morgan fingerprint density at radius 3 is 2.30 bits per heavy atom. The molecule has 1 aromatic rings. The third-order valence-corrected chi connectivity index (χ3v) is 3.91. The molecule has 6 heteroatoms. The number of alkyl halides is 1. The Hall–Kier alpha value is -1.10. The van der Waals surface area contributed by atoms with Gasteiger partial charge in [-0.25, -0.2) is 9.59 Å². The second-order valence-electron chi connectivity index (χ2n) is 5.28. The molecule has 0 spiro atoms. The molecule has 1 aromatic carbocycles. The third-order valence-electron chi connectivity index (χ3n) is 2.92. The molecule has 0 aliphatic rings. The first-order chi connectivity index (χ1) is 9.15. The van der Waals surface area contributed by atoms with E-state index >= 15 is 0 Å². The van der Waals surface area contributed by atoms with Crippen molar-refractivity contribution in [1.82, 2.24) is 4.65 Å². The van der Waals surface area contributed by atoms with Gasteiger partial charge in [0, 0.05) is 18.9 Å². The summed E-state index contributed by atoms with van der Waals surface area (Å²) in [5.74, 6) is -0.826. The van der Waals surface area contributed by atoms with Crippen LogP contribution in [0.3, 0.4) is 0 Å². The number of halogens is 2. The highest BCUT2D eigenvalue weighted by Gasteiger charge is 2.49. The van der Waals surface area contributed by atoms with Gasteiger partial charge in [0.1, 0.15) is 12.1 Å². The SMILES string of the molecule is CC(=O)O[N+](C)(C(=O)C(C)(C)CCl)c1ccccc1Cl. The normalized spacial score (nSPS) is 14.5. The van der Waals surface area contributed by atoms with Crippen LogP contribution in [0.4, 0.5) is 5.69 Å². The highest BCUT2D eigenvalue weighted by molar-refractivity contribution is 6.33. The molecule has 1 atom stereocenters. The number of amides is 1. The fourth-order valence-electron chi connectivity index (χ4n) is 1.89. The number of hydroxylamine groups is 2. The maximum atomic E-state index is 12.8. The molecule has 0 aliphatic carbocycles. The van der Waals surface area contributed by atoms with Crippen molar-refractivity contribution >= 4 is 40.8 Å². The van der Waals surface area contributed by atoms with Crippen LogP contribution in [0.1, 0.15) is 20.8 Å². The van der Waals surface area contributed by atoms with Crippen LogP contribution in [0, 0.1) is 5.41 Å². The van der Waals surface area contributed by atoms with E-state index in [1.165, 1.54) is 14.0 Å². The molecule has 0 heterocycles. The van der Waals surface area contributed by atoms with Crippen LogP contribution in [0.25, 0.3) is 0 Å². The van der Waals surface area contributed by atoms with Gasteiger partial charge in [-0.15, -0.1) is 11.6 Å². The van der Waals surface area contributed by atoms with E-state index in [0.29, 0.717) is 10.7 Å². The minimum absolute atomic E-state index is 0.103. The molecule has 20 heavy (non-hydrogen) atoms. The Morgan fingerprint density at radius 2 is 1.85 bits per heavy atom. The number of rotatable bonds is 3. The lowest BCUT2D eigenvalue weighted by Gasteiger charge is -2.33. The Labute approximate surface area is 128 Å². The minimum Gasteiger partial charge on any atom is -0.264 e. The van der Waals surface area contributed by atoms with Crippen molar-refractivity contribution in [2.45, 2.75) is 20.8 Å². The maximum absolute atomic E-state index is 12.8. The summed E-state index contributed by atoms with van der Waals surface area (Å²) < 4.78 is -0.672. The highest BCUT2D eigenvalue weighted by atomic mass is 35.5. The maximum Gasteiger partial charge on any atom is 0.366 e. The van der Waals surface area contributed by atoms with Gasteiger partial charge < -0.3 is 0 Å². The van der Waals surface area contributed by atoms with Crippen molar-refractivity contribution in [3.8, 4) is 0 Å². The third kappa shape index (κ3) is 3.32. The lowest BCUT2D eigenvalue weighted by atomic mass is 9.94. The van der Waals surface area contributed by atoms with E-state index in [0.717, 1.165) is 0 Å². The number of nitrogens with zero attached hydrogens (tertiary/aromatic N) is 1. The molecule has 0 saturated carbocycles. The Bertz CT molecular complexity index is 531. The molecule has 0 aromatic heterocycles. The smallest absolute Gasteiger partial charge is 0.264 e. The van der Waals surface area contributed by atoms with Crippen LogP contribution >= 0.6 is 23.2 Å². The van der Waals surface area contributed by atoms with Crippen LogP contribution in [-0.4, -0.2) is 24.8 Å². The van der Waals surface area contributed by atoms with Crippen LogP contribution < -0.4 is 4.65 Å². The van der Waals surface area contributed by atoms with Gasteiger partial charge >= 0.3 is 11.9 Å². The molecule has 0 bridgehead atoms. The van der Waals surface area contributed by atoms with E-state index in [4.69, 9.17) is 28.0 Å². The topological polar surface area (TPSA) is 43.4 Å². The number of para-hydroxylation sites is 1. The monoisotopic (exact) mass is 318 g/mol. The summed E-state index contributed by atoms with van der Waals surface area (Å²) in [6.45, 7) is 4.63. The summed E-state index contributed by atoms with van der Waals surface area (Å²) in [5, 5.41) is 0.343. The molecule has 0 aliphatic heterocycles. The lowest BCUT2D eigenvalue weighted by Crippen LogP contribution is -2.57. The first-order valence-electron chi connectivity index (χ1n) is 6.08. The van der Waals surface area contributed by atoms with E-state index in [-0.39, 0.29) is 11.8 Å². The molecule has 0 saturated heterocycles. The summed E-state index contributed by atoms with van der Waals surface area (Å²) in [6, 6.07) is 6.74. The molecule has 0 N–H and O–H groups in total. The minimum atomic E-state index is -0.870. The van der Waals surface area contributed by atoms with Crippen molar-refractivity contribution < 1.29 is 14.4 Å². The standard InChI is InChI=1S/C14H18Cl2NO3/c1-10(18)20-17(4,13(19)14(2,3)9-15)12-8-6-5-7-11(12)16/h5-8H,9H2,1-4H3/q+1.